The molecule has 0 aromatic carbocycles. The van der Waals surface area contributed by atoms with E-state index in [1.165, 1.54) is 83.5 Å². The number of hydrogen-bond acceptors (Lipinski definition) is 9. The first kappa shape index (κ1) is 48.5. The zero-order valence-corrected chi connectivity index (χ0v) is 32.6. The van der Waals surface area contributed by atoms with E-state index in [-0.39, 0.29) is 32.6 Å². The number of aliphatic hydroxyl groups excluding tert-OH is 1. The standard InChI is InChI=1S/C39H74NO9P/c1-3-5-7-9-11-12-13-14-15-16-18-22-26-30-38(42)46-34-37(35-48-50(44,45)47-33-32-40)49-39(43)31-27-23-19-21-25-29-36(41)28-24-20-17-10-8-6-4-2/h17,20,24,28,36-37,41H,3-16,18-19,21-23,25-27,29-35,40H2,1-2H3,(H,44,45). The van der Waals surface area contributed by atoms with E-state index in [0.717, 1.165) is 51.4 Å². The van der Waals surface area contributed by atoms with Crippen molar-refractivity contribution in [1.82, 2.24) is 0 Å². The normalized spacial score (nSPS) is 14.3. The van der Waals surface area contributed by atoms with E-state index >= 15 is 0 Å². The fraction of sp³-hybridized carbons (Fsp3) is 0.846. The number of unbranched alkanes of at least 4 members (excludes halogenated alkanes) is 19. The van der Waals surface area contributed by atoms with E-state index in [0.29, 0.717) is 12.8 Å². The first-order chi connectivity index (χ1) is 24.2. The monoisotopic (exact) mass is 732 g/mol. The van der Waals surface area contributed by atoms with Gasteiger partial charge >= 0.3 is 19.8 Å². The summed E-state index contributed by atoms with van der Waals surface area (Å²) in [5.74, 6) is -0.898. The Morgan fingerprint density at radius 1 is 0.680 bits per heavy atom. The molecule has 0 bridgehead atoms. The van der Waals surface area contributed by atoms with Gasteiger partial charge in [0.1, 0.15) is 6.61 Å². The summed E-state index contributed by atoms with van der Waals surface area (Å²) in [6.07, 6.45) is 32.2. The fourth-order valence-electron chi connectivity index (χ4n) is 5.42. The molecule has 4 N–H and O–H groups in total. The van der Waals surface area contributed by atoms with Crippen molar-refractivity contribution in [1.29, 1.82) is 0 Å². The quantitative estimate of drug-likeness (QED) is 0.0243. The summed E-state index contributed by atoms with van der Waals surface area (Å²) >= 11 is 0. The molecule has 0 saturated carbocycles. The Balaban J connectivity index is 4.29. The summed E-state index contributed by atoms with van der Waals surface area (Å²) in [5.41, 5.74) is 5.33. The van der Waals surface area contributed by atoms with Crippen molar-refractivity contribution >= 4 is 19.8 Å². The molecule has 0 aromatic heterocycles. The van der Waals surface area contributed by atoms with Crippen molar-refractivity contribution in [3.8, 4) is 0 Å². The Kier molecular flexibility index (Phi) is 34.7. The van der Waals surface area contributed by atoms with Gasteiger partial charge in [0.25, 0.3) is 0 Å². The van der Waals surface area contributed by atoms with Crippen molar-refractivity contribution in [3.63, 3.8) is 0 Å². The number of ether oxygens (including phenoxy) is 2. The molecule has 0 aliphatic heterocycles. The van der Waals surface area contributed by atoms with E-state index in [9.17, 15) is 24.2 Å². The highest BCUT2D eigenvalue weighted by molar-refractivity contribution is 7.47. The zero-order chi connectivity index (χ0) is 37.0. The van der Waals surface area contributed by atoms with Crippen molar-refractivity contribution in [2.45, 2.75) is 187 Å². The first-order valence-electron chi connectivity index (χ1n) is 19.9. The van der Waals surface area contributed by atoms with Crippen LogP contribution in [-0.4, -0.2) is 60.5 Å². The maximum Gasteiger partial charge on any atom is 0.472 e. The lowest BCUT2D eigenvalue weighted by molar-refractivity contribution is -0.161. The van der Waals surface area contributed by atoms with Gasteiger partial charge in [0, 0.05) is 19.4 Å². The molecule has 294 valence electrons. The van der Waals surface area contributed by atoms with Crippen LogP contribution in [0.3, 0.4) is 0 Å². The summed E-state index contributed by atoms with van der Waals surface area (Å²) < 4.78 is 32.6. The smallest absolute Gasteiger partial charge is 0.462 e. The van der Waals surface area contributed by atoms with Gasteiger partial charge in [-0.25, -0.2) is 4.57 Å². The number of rotatable bonds is 37. The summed E-state index contributed by atoms with van der Waals surface area (Å²) in [7, 11) is -4.39. The summed E-state index contributed by atoms with van der Waals surface area (Å²) in [4.78, 5) is 34.7. The number of esters is 2. The average molecular weight is 732 g/mol. The van der Waals surface area contributed by atoms with Crippen molar-refractivity contribution < 1.29 is 42.7 Å². The largest absolute Gasteiger partial charge is 0.472 e. The molecule has 0 amide bonds. The molecule has 0 radical (unpaired) electrons. The number of carbonyl (C=O) groups is 2. The predicted molar refractivity (Wildman–Crippen MR) is 203 cm³/mol. The molecular formula is C39H74NO9P. The molecule has 0 spiro atoms. The van der Waals surface area contributed by atoms with Gasteiger partial charge in [-0.05, 0) is 32.1 Å². The van der Waals surface area contributed by atoms with Gasteiger partial charge < -0.3 is 25.2 Å². The van der Waals surface area contributed by atoms with Gasteiger partial charge in [-0.1, -0.05) is 154 Å². The highest BCUT2D eigenvalue weighted by Gasteiger charge is 2.26. The van der Waals surface area contributed by atoms with Crippen LogP contribution in [0.1, 0.15) is 174 Å². The van der Waals surface area contributed by atoms with Crippen LogP contribution < -0.4 is 5.73 Å². The predicted octanol–water partition coefficient (Wildman–Crippen LogP) is 9.80. The Morgan fingerprint density at radius 3 is 1.78 bits per heavy atom. The zero-order valence-electron chi connectivity index (χ0n) is 31.7. The third kappa shape index (κ3) is 34.9. The van der Waals surface area contributed by atoms with Crippen molar-refractivity contribution in [2.24, 2.45) is 5.73 Å². The Morgan fingerprint density at radius 2 is 1.20 bits per heavy atom. The van der Waals surface area contributed by atoms with Crippen molar-refractivity contribution in [3.05, 3.63) is 24.3 Å². The molecule has 0 aliphatic carbocycles. The molecule has 3 unspecified atom stereocenters. The Hall–Kier alpha value is -1.55. The van der Waals surface area contributed by atoms with Gasteiger partial charge in [-0.3, -0.25) is 18.6 Å². The molecule has 11 heteroatoms. The lowest BCUT2D eigenvalue weighted by Gasteiger charge is -2.19. The molecule has 0 heterocycles. The number of carbonyl (C=O) groups excluding carboxylic acids is 2. The van der Waals surface area contributed by atoms with E-state index in [1.54, 1.807) is 0 Å². The van der Waals surface area contributed by atoms with Crippen LogP contribution in [0.2, 0.25) is 0 Å². The lowest BCUT2D eigenvalue weighted by Crippen LogP contribution is -2.29. The third-order valence-corrected chi connectivity index (χ3v) is 9.43. The molecule has 3 atom stereocenters. The van der Waals surface area contributed by atoms with Gasteiger partial charge in [-0.2, -0.15) is 0 Å². The number of nitrogens with two attached hydrogens (primary N) is 1. The second-order valence-electron chi connectivity index (χ2n) is 13.4. The molecule has 50 heavy (non-hydrogen) atoms. The molecule has 10 nitrogen and oxygen atoms in total. The van der Waals surface area contributed by atoms with Gasteiger partial charge in [0.05, 0.1) is 19.3 Å². The van der Waals surface area contributed by atoms with Crippen LogP contribution >= 0.6 is 7.82 Å². The summed E-state index contributed by atoms with van der Waals surface area (Å²) in [6.45, 7) is 3.57. The fourth-order valence-corrected chi connectivity index (χ4v) is 6.18. The number of phosphoric acid groups is 1. The third-order valence-electron chi connectivity index (χ3n) is 8.44. The van der Waals surface area contributed by atoms with Gasteiger partial charge in [0.15, 0.2) is 6.10 Å². The Labute approximate surface area is 304 Å². The maximum absolute atomic E-state index is 12.5. The minimum atomic E-state index is -4.39. The molecular weight excluding hydrogens is 657 g/mol. The topological polar surface area (TPSA) is 155 Å². The molecule has 0 aromatic rings. The van der Waals surface area contributed by atoms with E-state index in [4.69, 9.17) is 24.3 Å². The minimum absolute atomic E-state index is 0.0393. The number of hydrogen-bond donors (Lipinski definition) is 3. The van der Waals surface area contributed by atoms with Crippen LogP contribution in [0.5, 0.6) is 0 Å². The summed E-state index contributed by atoms with van der Waals surface area (Å²) in [5, 5.41) is 10.1. The second-order valence-corrected chi connectivity index (χ2v) is 14.8. The SMILES string of the molecule is CCCCCC=CC=CC(O)CCCCCCCC(=O)OC(COC(=O)CCCCCCCCCCCCCCC)COP(=O)(O)OCCN. The van der Waals surface area contributed by atoms with Crippen LogP contribution in [-0.2, 0) is 32.7 Å². The van der Waals surface area contributed by atoms with Crippen LogP contribution in [0.4, 0.5) is 0 Å². The van der Waals surface area contributed by atoms with Crippen molar-refractivity contribution in [2.75, 3.05) is 26.4 Å². The van der Waals surface area contributed by atoms with Gasteiger partial charge in [0.2, 0.25) is 0 Å². The van der Waals surface area contributed by atoms with Crippen LogP contribution in [0.25, 0.3) is 0 Å². The minimum Gasteiger partial charge on any atom is -0.462 e. The van der Waals surface area contributed by atoms with E-state index in [2.05, 4.69) is 19.9 Å². The lowest BCUT2D eigenvalue weighted by atomic mass is 10.0. The second kappa shape index (κ2) is 35.8. The summed E-state index contributed by atoms with van der Waals surface area (Å²) in [6, 6.07) is 0. The molecule has 0 saturated heterocycles. The molecule has 0 fully saturated rings. The van der Waals surface area contributed by atoms with E-state index < -0.39 is 38.6 Å². The number of aliphatic hydroxyl groups is 1. The van der Waals surface area contributed by atoms with Crippen LogP contribution in [0.15, 0.2) is 24.3 Å². The van der Waals surface area contributed by atoms with Crippen LogP contribution in [0, 0.1) is 0 Å². The highest BCUT2D eigenvalue weighted by Crippen LogP contribution is 2.43. The maximum atomic E-state index is 12.5. The number of phosphoric ester groups is 1. The number of allylic oxidation sites excluding steroid dienone is 3. The van der Waals surface area contributed by atoms with Gasteiger partial charge in [-0.15, -0.1) is 0 Å². The Bertz CT molecular complexity index is 899. The molecule has 0 aliphatic rings. The highest BCUT2D eigenvalue weighted by atomic mass is 31.2. The average Bonchev–Trinajstić information content (AvgIpc) is 3.09. The van der Waals surface area contributed by atoms with E-state index in [1.807, 2.05) is 18.2 Å². The first-order valence-corrected chi connectivity index (χ1v) is 21.4. The molecule has 0 rings (SSSR count).